The van der Waals surface area contributed by atoms with Gasteiger partial charge < -0.3 is 14.8 Å². The predicted molar refractivity (Wildman–Crippen MR) is 95.3 cm³/mol. The lowest BCUT2D eigenvalue weighted by molar-refractivity contribution is -0.201. The summed E-state index contributed by atoms with van der Waals surface area (Å²) in [4.78, 5) is 0. The maximum absolute atomic E-state index is 12.3. The number of aliphatic hydroxyl groups excluding tert-OH is 1. The molecule has 8 heteroatoms. The van der Waals surface area contributed by atoms with Crippen LogP contribution >= 0.6 is 27.1 Å². The summed E-state index contributed by atoms with van der Waals surface area (Å²) in [6, 6.07) is 8.94. The third kappa shape index (κ3) is 8.45. The van der Waals surface area contributed by atoms with Gasteiger partial charge in [-0.25, -0.2) is 0 Å². The Morgan fingerprint density at radius 3 is 2.68 bits per heavy atom. The Hall–Kier alpha value is -0.180. The molecule has 22 heavy (non-hydrogen) atoms. The molecule has 3 N–H and O–H groups in total. The summed E-state index contributed by atoms with van der Waals surface area (Å²) >= 11 is 1.78. The van der Waals surface area contributed by atoms with Gasteiger partial charge in [0, 0.05) is 22.0 Å². The first-order valence-electron chi connectivity index (χ1n) is 7.32. The van der Waals surface area contributed by atoms with Crippen LogP contribution in [0.5, 0.6) is 5.75 Å². The summed E-state index contributed by atoms with van der Waals surface area (Å²) in [5.41, 5.74) is 0. The van der Waals surface area contributed by atoms with Crippen LogP contribution < -0.4 is 9.84 Å². The number of rotatable bonds is 11. The zero-order chi connectivity index (χ0) is 16.4. The smallest absolute Gasteiger partial charge is 0.317 e. The van der Waals surface area contributed by atoms with Crippen molar-refractivity contribution in [1.29, 1.82) is 0 Å². The number of hydroxylamine groups is 2. The topological polar surface area (TPSA) is 82.0 Å². The Balaban J connectivity index is 2.28. The van der Waals surface area contributed by atoms with E-state index in [2.05, 4.69) is 12.2 Å². The van der Waals surface area contributed by atoms with Crippen molar-refractivity contribution in [2.75, 3.05) is 13.0 Å². The Morgan fingerprint density at radius 1 is 1.36 bits per heavy atom. The molecule has 0 aromatic heterocycles. The minimum absolute atomic E-state index is 0.0262. The Kier molecular flexibility index (Phi) is 9.54. The molecule has 6 nitrogen and oxygen atoms in total. The van der Waals surface area contributed by atoms with Crippen LogP contribution in [0.3, 0.4) is 0 Å². The van der Waals surface area contributed by atoms with Crippen molar-refractivity contribution < 1.29 is 19.4 Å². The van der Waals surface area contributed by atoms with E-state index in [0.717, 1.165) is 24.3 Å². The van der Waals surface area contributed by atoms with E-state index in [0.29, 0.717) is 12.2 Å². The third-order valence-electron chi connectivity index (χ3n) is 2.97. The first kappa shape index (κ1) is 19.9. The molecule has 0 bridgehead atoms. The van der Waals surface area contributed by atoms with Gasteiger partial charge in [-0.15, -0.1) is 5.06 Å². The van der Waals surface area contributed by atoms with Crippen molar-refractivity contribution in [3.05, 3.63) is 30.3 Å². The minimum Gasteiger partial charge on any atom is -0.436 e. The van der Waals surface area contributed by atoms with E-state index in [1.165, 1.54) is 0 Å². The fraction of sp³-hybridized carbons (Fsp3) is 0.571. The average molecular weight is 442 g/mol. The van der Waals surface area contributed by atoms with Gasteiger partial charge >= 0.3 is 5.01 Å². The molecule has 2 atom stereocenters. The molecule has 126 valence electrons. The zero-order valence-corrected chi connectivity index (χ0v) is 15.7. The molecule has 0 aliphatic rings. The fourth-order valence-electron chi connectivity index (χ4n) is 1.80. The van der Waals surface area contributed by atoms with Crippen molar-refractivity contribution in [2.45, 2.75) is 38.8 Å². The van der Waals surface area contributed by atoms with E-state index in [4.69, 9.17) is 4.52 Å². The molecule has 2 unspecified atom stereocenters. The van der Waals surface area contributed by atoms with Gasteiger partial charge in [-0.1, -0.05) is 38.0 Å². The fourth-order valence-corrected chi connectivity index (χ4v) is 4.07. The molecular formula is C14H24IN2O4P. The van der Waals surface area contributed by atoms with E-state index in [1.54, 1.807) is 34.2 Å². The van der Waals surface area contributed by atoms with Gasteiger partial charge in [-0.05, 0) is 25.0 Å². The summed E-state index contributed by atoms with van der Waals surface area (Å²) < 4.78 is 17.7. The molecule has 0 amide bonds. The highest BCUT2D eigenvalue weighted by molar-refractivity contribution is 14.2. The number of hydrogen-bond acceptors (Lipinski definition) is 6. The molecular weight excluding hydrogens is 418 g/mol. The summed E-state index contributed by atoms with van der Waals surface area (Å²) in [6.45, 7) is 2.10. The Labute approximate surface area is 144 Å². The second kappa shape index (κ2) is 10.6. The highest BCUT2D eigenvalue weighted by atomic mass is 127. The van der Waals surface area contributed by atoms with Crippen LogP contribution in [0.4, 0.5) is 0 Å². The summed E-state index contributed by atoms with van der Waals surface area (Å²) in [5, 5.41) is 20.2. The Bertz CT molecular complexity index is 463. The summed E-state index contributed by atoms with van der Waals surface area (Å²) in [5.74, 6) is 0.544. The standard InChI is InChI=1S/C14H24IN2O4P/c1-2-3-5-10-14(18)17(19)11-16-12-22(15,20)21-13-8-6-4-7-9-13/h4,6-9,14,16,18-19H,2-3,5,10-12H2,1H3. The number of para-hydroxylation sites is 1. The normalized spacial score (nSPS) is 15.5. The van der Waals surface area contributed by atoms with Crippen LogP contribution in [0.2, 0.25) is 0 Å². The molecule has 0 saturated heterocycles. The zero-order valence-electron chi connectivity index (χ0n) is 12.7. The number of benzene rings is 1. The predicted octanol–water partition coefficient (Wildman–Crippen LogP) is 3.79. The van der Waals surface area contributed by atoms with Gasteiger partial charge in [0.15, 0.2) is 0 Å². The molecule has 1 rings (SSSR count). The van der Waals surface area contributed by atoms with Crippen molar-refractivity contribution in [3.63, 3.8) is 0 Å². The van der Waals surface area contributed by atoms with Gasteiger partial charge in [-0.3, -0.25) is 9.88 Å². The maximum Gasteiger partial charge on any atom is 0.317 e. The van der Waals surface area contributed by atoms with Crippen molar-refractivity contribution in [1.82, 2.24) is 10.4 Å². The van der Waals surface area contributed by atoms with Gasteiger partial charge in [0.05, 0.1) is 13.0 Å². The van der Waals surface area contributed by atoms with Crippen molar-refractivity contribution >= 4 is 27.1 Å². The SMILES string of the molecule is CCCCCC(O)N(O)CNCP(=O)(I)Oc1ccccc1. The number of hydrogen-bond donors (Lipinski definition) is 3. The third-order valence-corrected chi connectivity index (χ3v) is 5.67. The van der Waals surface area contributed by atoms with E-state index < -0.39 is 11.2 Å². The number of nitrogens with zero attached hydrogens (tertiary/aromatic N) is 1. The number of aliphatic hydroxyl groups is 1. The van der Waals surface area contributed by atoms with Crippen LogP contribution in [0.1, 0.15) is 32.6 Å². The summed E-state index contributed by atoms with van der Waals surface area (Å²) in [7, 11) is 0. The molecule has 1 aromatic rings. The average Bonchev–Trinajstić information content (AvgIpc) is 2.47. The quantitative estimate of drug-likeness (QED) is 0.159. The molecule has 0 aliphatic carbocycles. The molecule has 0 fully saturated rings. The monoisotopic (exact) mass is 442 g/mol. The lowest BCUT2D eigenvalue weighted by Crippen LogP contribution is -2.39. The second-order valence-electron chi connectivity index (χ2n) is 4.98. The van der Waals surface area contributed by atoms with Crippen molar-refractivity contribution in [3.8, 4) is 5.75 Å². The van der Waals surface area contributed by atoms with Gasteiger partial charge in [0.1, 0.15) is 12.0 Å². The molecule has 0 saturated carbocycles. The lowest BCUT2D eigenvalue weighted by Gasteiger charge is -2.22. The Morgan fingerprint density at radius 2 is 2.05 bits per heavy atom. The first-order chi connectivity index (χ1) is 10.4. The minimum atomic E-state index is -2.89. The largest absolute Gasteiger partial charge is 0.436 e. The van der Waals surface area contributed by atoms with E-state index >= 15 is 0 Å². The highest BCUT2D eigenvalue weighted by Gasteiger charge is 2.21. The molecule has 0 spiro atoms. The molecule has 1 aromatic carbocycles. The van der Waals surface area contributed by atoms with Crippen LogP contribution in [-0.4, -0.2) is 34.6 Å². The lowest BCUT2D eigenvalue weighted by atomic mass is 10.2. The molecule has 0 aliphatic heterocycles. The number of halogens is 1. The number of nitrogens with one attached hydrogen (secondary N) is 1. The summed E-state index contributed by atoms with van der Waals surface area (Å²) in [6.07, 6.45) is 2.63. The van der Waals surface area contributed by atoms with Crippen molar-refractivity contribution in [2.24, 2.45) is 0 Å². The maximum atomic E-state index is 12.3. The van der Waals surface area contributed by atoms with E-state index in [1.807, 2.05) is 18.2 Å². The van der Waals surface area contributed by atoms with Crippen LogP contribution in [0, 0.1) is 0 Å². The van der Waals surface area contributed by atoms with Crippen LogP contribution in [0.15, 0.2) is 30.3 Å². The van der Waals surface area contributed by atoms with Crippen LogP contribution in [-0.2, 0) is 4.57 Å². The van der Waals surface area contributed by atoms with E-state index in [-0.39, 0.29) is 13.0 Å². The molecule has 0 heterocycles. The van der Waals surface area contributed by atoms with Gasteiger partial charge in [-0.2, -0.15) is 0 Å². The molecule has 0 radical (unpaired) electrons. The van der Waals surface area contributed by atoms with Gasteiger partial charge in [0.2, 0.25) is 0 Å². The van der Waals surface area contributed by atoms with Gasteiger partial charge in [0.25, 0.3) is 0 Å². The first-order valence-corrected chi connectivity index (χ1v) is 11.9. The highest BCUT2D eigenvalue weighted by Crippen LogP contribution is 2.54. The van der Waals surface area contributed by atoms with Crippen LogP contribution in [0.25, 0.3) is 0 Å². The van der Waals surface area contributed by atoms with E-state index in [9.17, 15) is 14.9 Å². The number of unbranched alkanes of at least 4 members (excludes halogenated alkanes) is 2. The second-order valence-corrected chi connectivity index (χ2v) is 11.1.